The van der Waals surface area contributed by atoms with Crippen molar-refractivity contribution in [2.75, 3.05) is 6.54 Å². The van der Waals surface area contributed by atoms with Crippen LogP contribution in [0.2, 0.25) is 0 Å². The summed E-state index contributed by atoms with van der Waals surface area (Å²) in [6.45, 7) is 12.7. The minimum Gasteiger partial charge on any atom is -0.347 e. The molecule has 1 saturated carbocycles. The van der Waals surface area contributed by atoms with Crippen molar-refractivity contribution >= 4 is 29.5 Å². The van der Waals surface area contributed by atoms with E-state index in [0.717, 1.165) is 18.4 Å². The Kier molecular flexibility index (Phi) is 11.1. The molecule has 39 heavy (non-hydrogen) atoms. The number of nitrogens with one attached hydrogen (secondary N) is 4. The zero-order valence-corrected chi connectivity index (χ0v) is 24.3. The molecule has 10 nitrogen and oxygen atoms in total. The summed E-state index contributed by atoms with van der Waals surface area (Å²) in [7, 11) is 0. The number of hydrogen-bond acceptors (Lipinski definition) is 5. The predicted octanol–water partition coefficient (Wildman–Crippen LogP) is 2.66. The molecular formula is C29H45N5O5. The maximum Gasteiger partial charge on any atom is 0.315 e. The van der Waals surface area contributed by atoms with Gasteiger partial charge >= 0.3 is 6.03 Å². The van der Waals surface area contributed by atoms with Gasteiger partial charge in [0.15, 0.2) is 0 Å². The third kappa shape index (κ3) is 11.1. The van der Waals surface area contributed by atoms with E-state index >= 15 is 0 Å². The molecule has 1 aliphatic carbocycles. The lowest BCUT2D eigenvalue weighted by Crippen LogP contribution is -2.59. The number of ketones is 1. The van der Waals surface area contributed by atoms with Crippen molar-refractivity contribution in [3.63, 3.8) is 0 Å². The van der Waals surface area contributed by atoms with Crippen LogP contribution >= 0.6 is 0 Å². The topological polar surface area (TPSA) is 137 Å². The fourth-order valence-corrected chi connectivity index (χ4v) is 3.97. The van der Waals surface area contributed by atoms with Gasteiger partial charge in [0.1, 0.15) is 6.04 Å². The molecule has 10 heteroatoms. The number of carbonyl (C=O) groups is 5. The maximum atomic E-state index is 13.9. The van der Waals surface area contributed by atoms with E-state index in [0.29, 0.717) is 12.8 Å². The minimum absolute atomic E-state index is 0.0238. The molecule has 216 valence electrons. The number of nitrogens with zero attached hydrogens (tertiary/aromatic N) is 1. The molecular weight excluding hydrogens is 498 g/mol. The zero-order valence-electron chi connectivity index (χ0n) is 24.3. The number of hydrogen-bond donors (Lipinski definition) is 4. The average Bonchev–Trinajstić information content (AvgIpc) is 3.63. The third-order valence-electron chi connectivity index (χ3n) is 6.10. The van der Waals surface area contributed by atoms with Gasteiger partial charge in [-0.15, -0.1) is 0 Å². The van der Waals surface area contributed by atoms with Gasteiger partial charge in [-0.2, -0.15) is 0 Å². The SMILES string of the molecule is CCC[C@H](NC(=O)CN(Cc1ccccc1)C(=O)[C@@H](NC(=O)NC(C)(C)C)C(C)(C)C)C(=O)C(=O)NC1CC1. The van der Waals surface area contributed by atoms with E-state index < -0.39 is 52.6 Å². The Labute approximate surface area is 232 Å². The second-order valence-electron chi connectivity index (χ2n) is 12.3. The van der Waals surface area contributed by atoms with Gasteiger partial charge in [0.25, 0.3) is 5.91 Å². The van der Waals surface area contributed by atoms with Crippen LogP contribution in [0.1, 0.15) is 79.7 Å². The predicted molar refractivity (Wildman–Crippen MR) is 150 cm³/mol. The lowest BCUT2D eigenvalue weighted by atomic mass is 9.85. The molecule has 4 N–H and O–H groups in total. The molecule has 1 aromatic carbocycles. The quantitative estimate of drug-likeness (QED) is 0.301. The normalized spacial score (nSPS) is 14.9. The molecule has 0 spiro atoms. The Morgan fingerprint density at radius 1 is 0.949 bits per heavy atom. The van der Waals surface area contributed by atoms with Crippen LogP contribution in [0.3, 0.4) is 0 Å². The van der Waals surface area contributed by atoms with Crippen molar-refractivity contribution in [1.82, 2.24) is 26.2 Å². The Bertz CT molecular complexity index is 1020. The highest BCUT2D eigenvalue weighted by atomic mass is 16.2. The van der Waals surface area contributed by atoms with Gasteiger partial charge in [-0.25, -0.2) is 4.79 Å². The molecule has 1 aromatic rings. The number of rotatable bonds is 12. The molecule has 0 heterocycles. The van der Waals surface area contributed by atoms with Crippen molar-refractivity contribution in [3.05, 3.63) is 35.9 Å². The molecule has 1 aliphatic rings. The average molecular weight is 544 g/mol. The molecule has 2 rings (SSSR count). The summed E-state index contributed by atoms with van der Waals surface area (Å²) in [4.78, 5) is 66.3. The van der Waals surface area contributed by atoms with Crippen molar-refractivity contribution in [2.45, 2.75) is 104 Å². The highest BCUT2D eigenvalue weighted by molar-refractivity contribution is 6.38. The first-order valence-corrected chi connectivity index (χ1v) is 13.7. The number of amides is 5. The molecule has 2 atom stereocenters. The number of carbonyl (C=O) groups excluding carboxylic acids is 5. The number of urea groups is 1. The van der Waals surface area contributed by atoms with Gasteiger partial charge in [0.2, 0.25) is 17.6 Å². The summed E-state index contributed by atoms with van der Waals surface area (Å²) in [6, 6.07) is 6.83. The number of benzene rings is 1. The van der Waals surface area contributed by atoms with E-state index in [1.807, 2.05) is 78.8 Å². The van der Waals surface area contributed by atoms with E-state index in [1.54, 1.807) is 0 Å². The van der Waals surface area contributed by atoms with E-state index in [4.69, 9.17) is 0 Å². The summed E-state index contributed by atoms with van der Waals surface area (Å²) in [5, 5.41) is 10.9. The first-order valence-electron chi connectivity index (χ1n) is 13.7. The van der Waals surface area contributed by atoms with Crippen molar-refractivity contribution in [3.8, 4) is 0 Å². The van der Waals surface area contributed by atoms with Crippen LogP contribution in [-0.4, -0.2) is 64.6 Å². The smallest absolute Gasteiger partial charge is 0.315 e. The molecule has 0 saturated heterocycles. The van der Waals surface area contributed by atoms with Gasteiger partial charge in [0.05, 0.1) is 12.6 Å². The minimum atomic E-state index is -0.982. The summed E-state index contributed by atoms with van der Waals surface area (Å²) in [6.07, 6.45) is 2.57. The first kappa shape index (κ1) is 31.8. The van der Waals surface area contributed by atoms with Gasteiger partial charge in [-0.1, -0.05) is 64.4 Å². The molecule has 5 amide bonds. The van der Waals surface area contributed by atoms with Crippen molar-refractivity contribution < 1.29 is 24.0 Å². The monoisotopic (exact) mass is 543 g/mol. The van der Waals surface area contributed by atoms with Crippen LogP contribution in [0.15, 0.2) is 30.3 Å². The van der Waals surface area contributed by atoms with Crippen molar-refractivity contribution in [1.29, 1.82) is 0 Å². The molecule has 0 radical (unpaired) electrons. The second kappa shape index (κ2) is 13.6. The van der Waals surface area contributed by atoms with Gasteiger partial charge < -0.3 is 26.2 Å². The highest BCUT2D eigenvalue weighted by Crippen LogP contribution is 2.22. The van der Waals surface area contributed by atoms with Crippen molar-refractivity contribution in [2.24, 2.45) is 5.41 Å². The van der Waals surface area contributed by atoms with Crippen LogP contribution in [0.4, 0.5) is 4.79 Å². The first-order chi connectivity index (χ1) is 18.1. The fraction of sp³-hybridized carbons (Fsp3) is 0.621. The van der Waals surface area contributed by atoms with Crippen LogP contribution in [-0.2, 0) is 25.7 Å². The van der Waals surface area contributed by atoms with Crippen LogP contribution in [0.25, 0.3) is 0 Å². The van der Waals surface area contributed by atoms with E-state index in [-0.39, 0.29) is 19.1 Å². The standard InChI is InChI=1S/C29H45N5O5/c1-8-12-21(23(36)25(37)30-20-15-16-20)31-22(35)18-34(17-19-13-10-9-11-14-19)26(38)24(28(2,3)4)32-27(39)33-29(5,6)7/h9-11,13-14,20-21,24H,8,12,15-18H2,1-7H3,(H,30,37)(H,31,35)(H2,32,33,39)/t21-,24+/m0/s1. The summed E-state index contributed by atoms with van der Waals surface area (Å²) >= 11 is 0. The lowest BCUT2D eigenvalue weighted by Gasteiger charge is -2.35. The zero-order chi connectivity index (χ0) is 29.4. The van der Waals surface area contributed by atoms with Gasteiger partial charge in [-0.05, 0) is 51.0 Å². The summed E-state index contributed by atoms with van der Waals surface area (Å²) in [5.74, 6) is -2.38. The number of Topliss-reactive ketones (excluding diaryl/α,β-unsaturated/α-hetero) is 1. The van der Waals surface area contributed by atoms with E-state index in [1.165, 1.54) is 4.90 Å². The third-order valence-corrected chi connectivity index (χ3v) is 6.10. The molecule has 0 aliphatic heterocycles. The van der Waals surface area contributed by atoms with E-state index in [2.05, 4.69) is 21.3 Å². The Hall–Kier alpha value is -3.43. The van der Waals surface area contributed by atoms with Crippen LogP contribution < -0.4 is 21.3 Å². The Morgan fingerprint density at radius 2 is 1.56 bits per heavy atom. The Balaban J connectivity index is 2.25. The summed E-state index contributed by atoms with van der Waals surface area (Å²) < 4.78 is 0. The van der Waals surface area contributed by atoms with Gasteiger partial charge in [-0.3, -0.25) is 19.2 Å². The highest BCUT2D eigenvalue weighted by Gasteiger charge is 2.37. The molecule has 0 unspecified atom stereocenters. The van der Waals surface area contributed by atoms with E-state index in [9.17, 15) is 24.0 Å². The van der Waals surface area contributed by atoms with Crippen LogP contribution in [0.5, 0.6) is 0 Å². The molecule has 1 fully saturated rings. The lowest BCUT2D eigenvalue weighted by molar-refractivity contribution is -0.142. The summed E-state index contributed by atoms with van der Waals surface area (Å²) in [5.41, 5.74) is -0.374. The van der Waals surface area contributed by atoms with Crippen LogP contribution in [0, 0.1) is 5.41 Å². The largest absolute Gasteiger partial charge is 0.347 e. The van der Waals surface area contributed by atoms with Gasteiger partial charge in [0, 0.05) is 18.1 Å². The maximum absolute atomic E-state index is 13.9. The fourth-order valence-electron chi connectivity index (χ4n) is 3.97. The second-order valence-corrected chi connectivity index (χ2v) is 12.3. The molecule has 0 aromatic heterocycles. The molecule has 0 bridgehead atoms. The Morgan fingerprint density at radius 3 is 2.08 bits per heavy atom.